The van der Waals surface area contributed by atoms with Gasteiger partial charge < -0.3 is 10.1 Å². The molecule has 2 aromatic carbocycles. The second kappa shape index (κ2) is 7.77. The molecule has 0 saturated heterocycles. The third-order valence-electron chi connectivity index (χ3n) is 5.82. The minimum atomic E-state index is -0.597. The van der Waals surface area contributed by atoms with E-state index in [1.165, 1.54) is 12.1 Å². The number of benzene rings is 2. The summed E-state index contributed by atoms with van der Waals surface area (Å²) >= 11 is 0. The summed E-state index contributed by atoms with van der Waals surface area (Å²) in [4.78, 5) is 12.4. The van der Waals surface area contributed by atoms with Gasteiger partial charge in [-0.1, -0.05) is 51.5 Å². The summed E-state index contributed by atoms with van der Waals surface area (Å²) in [6.07, 6.45) is 0.753. The zero-order chi connectivity index (χ0) is 21.4. The van der Waals surface area contributed by atoms with Crippen molar-refractivity contribution in [2.24, 2.45) is 5.92 Å². The molecule has 5 heteroatoms. The standard InChI is InChI=1S/C24H29F2NO2/c1-15-6-9-21(19(10-15)23(3,4)5)29-13-22(28)27-14-24(12-16(24)2)18-8-7-17(25)11-20(18)26/h6-11,16H,12-14H2,1-5H3,(H,27,28). The zero-order valence-electron chi connectivity index (χ0n) is 17.7. The van der Waals surface area contributed by atoms with Gasteiger partial charge in [0.05, 0.1) is 0 Å². The van der Waals surface area contributed by atoms with Gasteiger partial charge in [0.15, 0.2) is 6.61 Å². The van der Waals surface area contributed by atoms with E-state index in [1.54, 1.807) is 0 Å². The maximum absolute atomic E-state index is 14.3. The van der Waals surface area contributed by atoms with E-state index in [1.807, 2.05) is 26.0 Å². The summed E-state index contributed by atoms with van der Waals surface area (Å²) in [6.45, 7) is 10.5. The van der Waals surface area contributed by atoms with Crippen molar-refractivity contribution in [1.82, 2.24) is 5.32 Å². The van der Waals surface area contributed by atoms with Crippen molar-refractivity contribution in [3.8, 4) is 5.75 Å². The lowest BCUT2D eigenvalue weighted by Gasteiger charge is -2.23. The zero-order valence-corrected chi connectivity index (χ0v) is 17.7. The van der Waals surface area contributed by atoms with E-state index in [0.29, 0.717) is 17.9 Å². The molecule has 0 bridgehead atoms. The lowest BCUT2D eigenvalue weighted by molar-refractivity contribution is -0.123. The summed E-state index contributed by atoms with van der Waals surface area (Å²) in [6, 6.07) is 9.58. The molecule has 1 aliphatic carbocycles. The summed E-state index contributed by atoms with van der Waals surface area (Å²) in [5, 5.41) is 2.87. The molecule has 1 fully saturated rings. The summed E-state index contributed by atoms with van der Waals surface area (Å²) in [7, 11) is 0. The third kappa shape index (κ3) is 4.60. The van der Waals surface area contributed by atoms with Gasteiger partial charge in [0, 0.05) is 18.0 Å². The van der Waals surface area contributed by atoms with Crippen molar-refractivity contribution in [3.63, 3.8) is 0 Å². The molecule has 3 nitrogen and oxygen atoms in total. The van der Waals surface area contributed by atoms with Crippen LogP contribution in [0.25, 0.3) is 0 Å². The monoisotopic (exact) mass is 401 g/mol. The van der Waals surface area contributed by atoms with Crippen molar-refractivity contribution >= 4 is 5.91 Å². The number of amides is 1. The van der Waals surface area contributed by atoms with E-state index >= 15 is 0 Å². The highest BCUT2D eigenvalue weighted by Gasteiger charge is 2.53. The number of aryl methyl sites for hydroxylation is 1. The van der Waals surface area contributed by atoms with Gasteiger partial charge in [0.2, 0.25) is 0 Å². The van der Waals surface area contributed by atoms with Gasteiger partial charge >= 0.3 is 0 Å². The van der Waals surface area contributed by atoms with Crippen LogP contribution in [0, 0.1) is 24.5 Å². The Bertz CT molecular complexity index is 920. The lowest BCUT2D eigenvalue weighted by Crippen LogP contribution is -2.36. The maximum atomic E-state index is 14.3. The first-order valence-corrected chi connectivity index (χ1v) is 9.99. The Balaban J connectivity index is 1.64. The Kier molecular flexibility index (Phi) is 5.70. The molecule has 0 aliphatic heterocycles. The predicted molar refractivity (Wildman–Crippen MR) is 110 cm³/mol. The van der Waals surface area contributed by atoms with Crippen molar-refractivity contribution in [2.75, 3.05) is 13.2 Å². The summed E-state index contributed by atoms with van der Waals surface area (Å²) in [5.74, 6) is -0.508. The van der Waals surface area contributed by atoms with Gasteiger partial charge in [-0.2, -0.15) is 0 Å². The highest BCUT2D eigenvalue weighted by Crippen LogP contribution is 2.54. The normalized spacial score (nSPS) is 21.0. The van der Waals surface area contributed by atoms with E-state index in [-0.39, 0.29) is 23.8 Å². The molecular weight excluding hydrogens is 372 g/mol. The van der Waals surface area contributed by atoms with E-state index < -0.39 is 17.0 Å². The van der Waals surface area contributed by atoms with Crippen LogP contribution in [0.4, 0.5) is 8.78 Å². The minimum Gasteiger partial charge on any atom is -0.483 e. The van der Waals surface area contributed by atoms with Gasteiger partial charge in [0.1, 0.15) is 17.4 Å². The van der Waals surface area contributed by atoms with Crippen molar-refractivity contribution in [2.45, 2.75) is 51.9 Å². The average molecular weight is 401 g/mol. The van der Waals surface area contributed by atoms with Gasteiger partial charge in [0.25, 0.3) is 5.91 Å². The molecule has 0 spiro atoms. The Morgan fingerprint density at radius 3 is 2.48 bits per heavy atom. The Morgan fingerprint density at radius 2 is 1.90 bits per heavy atom. The molecule has 1 N–H and O–H groups in total. The van der Waals surface area contributed by atoms with Gasteiger partial charge in [-0.25, -0.2) is 8.78 Å². The van der Waals surface area contributed by atoms with E-state index in [9.17, 15) is 13.6 Å². The fourth-order valence-electron chi connectivity index (χ4n) is 3.90. The van der Waals surface area contributed by atoms with E-state index in [4.69, 9.17) is 4.74 Å². The molecule has 1 saturated carbocycles. The highest BCUT2D eigenvalue weighted by atomic mass is 19.1. The number of hydrogen-bond acceptors (Lipinski definition) is 2. The first-order valence-electron chi connectivity index (χ1n) is 9.99. The van der Waals surface area contributed by atoms with Crippen LogP contribution in [-0.2, 0) is 15.6 Å². The molecule has 2 aromatic rings. The SMILES string of the molecule is Cc1ccc(OCC(=O)NCC2(c3ccc(F)cc3F)CC2C)c(C(C)(C)C)c1. The number of rotatable bonds is 6. The number of carbonyl (C=O) groups excluding carboxylic acids is 1. The molecule has 156 valence electrons. The van der Waals surface area contributed by atoms with Crippen LogP contribution in [0.3, 0.4) is 0 Å². The average Bonchev–Trinajstić information content (AvgIpc) is 3.28. The van der Waals surface area contributed by atoms with Gasteiger partial charge in [-0.05, 0) is 47.9 Å². The first kappa shape index (κ1) is 21.3. The minimum absolute atomic E-state index is 0.106. The van der Waals surface area contributed by atoms with Crippen LogP contribution in [0.15, 0.2) is 36.4 Å². The smallest absolute Gasteiger partial charge is 0.257 e. The molecule has 2 unspecified atom stereocenters. The molecule has 0 radical (unpaired) electrons. The number of nitrogens with one attached hydrogen (secondary N) is 1. The number of halogens is 2. The summed E-state index contributed by atoms with van der Waals surface area (Å²) in [5.41, 5.74) is 2.06. The fraction of sp³-hybridized carbons (Fsp3) is 0.458. The molecule has 0 heterocycles. The number of carbonyl (C=O) groups is 1. The van der Waals surface area contributed by atoms with Crippen LogP contribution in [-0.4, -0.2) is 19.1 Å². The number of ether oxygens (including phenoxy) is 1. The second-order valence-electron chi connectivity index (χ2n) is 9.20. The van der Waals surface area contributed by atoms with Crippen LogP contribution >= 0.6 is 0 Å². The maximum Gasteiger partial charge on any atom is 0.257 e. The van der Waals surface area contributed by atoms with Gasteiger partial charge in [-0.3, -0.25) is 4.79 Å². The van der Waals surface area contributed by atoms with Crippen LogP contribution in [0.1, 0.15) is 50.8 Å². The van der Waals surface area contributed by atoms with Crippen LogP contribution < -0.4 is 10.1 Å². The Labute approximate surface area is 171 Å². The quantitative estimate of drug-likeness (QED) is 0.736. The van der Waals surface area contributed by atoms with E-state index in [2.05, 4.69) is 32.2 Å². The molecule has 2 atom stereocenters. The highest BCUT2D eigenvalue weighted by molar-refractivity contribution is 5.77. The van der Waals surface area contributed by atoms with Crippen LogP contribution in [0.2, 0.25) is 0 Å². The third-order valence-corrected chi connectivity index (χ3v) is 5.82. The predicted octanol–water partition coefficient (Wildman–Crippen LogP) is 5.04. The molecule has 29 heavy (non-hydrogen) atoms. The molecule has 0 aromatic heterocycles. The molecular formula is C24H29F2NO2. The topological polar surface area (TPSA) is 38.3 Å². The Morgan fingerprint density at radius 1 is 1.21 bits per heavy atom. The first-order chi connectivity index (χ1) is 13.5. The van der Waals surface area contributed by atoms with Crippen LogP contribution in [0.5, 0.6) is 5.75 Å². The van der Waals surface area contributed by atoms with E-state index in [0.717, 1.165) is 23.6 Å². The van der Waals surface area contributed by atoms with Gasteiger partial charge in [-0.15, -0.1) is 0 Å². The molecule has 1 aliphatic rings. The van der Waals surface area contributed by atoms with Crippen molar-refractivity contribution in [3.05, 3.63) is 64.7 Å². The number of hydrogen-bond donors (Lipinski definition) is 1. The van der Waals surface area contributed by atoms with Crippen molar-refractivity contribution < 1.29 is 18.3 Å². The lowest BCUT2D eigenvalue weighted by atomic mass is 9.85. The van der Waals surface area contributed by atoms with Crippen molar-refractivity contribution in [1.29, 1.82) is 0 Å². The Hall–Kier alpha value is -2.43. The summed E-state index contributed by atoms with van der Waals surface area (Å²) < 4.78 is 33.3. The molecule has 1 amide bonds. The largest absolute Gasteiger partial charge is 0.483 e. The second-order valence-corrected chi connectivity index (χ2v) is 9.20. The fourth-order valence-corrected chi connectivity index (χ4v) is 3.90. The molecule has 3 rings (SSSR count).